The highest BCUT2D eigenvalue weighted by atomic mass is 32.1. The molecule has 0 fully saturated rings. The number of H-pyrrole nitrogens is 1. The third-order valence-electron chi connectivity index (χ3n) is 1.27. The van der Waals surface area contributed by atoms with E-state index in [1.807, 2.05) is 11.4 Å². The first-order valence-corrected chi connectivity index (χ1v) is 4.07. The molecule has 50 valence electrons. The molecule has 0 bridgehead atoms. The van der Waals surface area contributed by atoms with E-state index in [0.717, 1.165) is 14.7 Å². The molecule has 2 aromatic heterocycles. The van der Waals surface area contributed by atoms with Crippen LogP contribution >= 0.6 is 23.6 Å². The standard InChI is InChI=1S/C6H4N2S2/c9-6-5-4(1-2-10-5)3-7-8-6/h1-3H,(H,8,9). The van der Waals surface area contributed by atoms with Crippen LogP contribution in [0.2, 0.25) is 0 Å². The van der Waals surface area contributed by atoms with Crippen LogP contribution in [0.1, 0.15) is 0 Å². The van der Waals surface area contributed by atoms with E-state index in [4.69, 9.17) is 12.2 Å². The van der Waals surface area contributed by atoms with Crippen molar-refractivity contribution in [3.05, 3.63) is 22.3 Å². The van der Waals surface area contributed by atoms with Crippen molar-refractivity contribution in [3.8, 4) is 0 Å². The number of aromatic nitrogens is 2. The van der Waals surface area contributed by atoms with E-state index >= 15 is 0 Å². The molecule has 4 heteroatoms. The summed E-state index contributed by atoms with van der Waals surface area (Å²) < 4.78 is 1.84. The van der Waals surface area contributed by atoms with Crippen molar-refractivity contribution >= 4 is 33.6 Å². The van der Waals surface area contributed by atoms with Gasteiger partial charge in [0.1, 0.15) is 4.64 Å². The molecule has 0 radical (unpaired) electrons. The van der Waals surface area contributed by atoms with Gasteiger partial charge in [-0.1, -0.05) is 12.2 Å². The molecule has 0 saturated carbocycles. The lowest BCUT2D eigenvalue weighted by Crippen LogP contribution is -1.77. The third kappa shape index (κ3) is 0.767. The Labute approximate surface area is 66.5 Å². The maximum absolute atomic E-state index is 5.00. The summed E-state index contributed by atoms with van der Waals surface area (Å²) in [5.41, 5.74) is 0. The quantitative estimate of drug-likeness (QED) is 0.612. The molecule has 10 heavy (non-hydrogen) atoms. The van der Waals surface area contributed by atoms with Crippen LogP contribution < -0.4 is 0 Å². The van der Waals surface area contributed by atoms with E-state index in [1.54, 1.807) is 17.5 Å². The fraction of sp³-hybridized carbons (Fsp3) is 0. The molecule has 0 saturated heterocycles. The summed E-state index contributed by atoms with van der Waals surface area (Å²) in [4.78, 5) is 0. The maximum Gasteiger partial charge on any atom is 0.137 e. The van der Waals surface area contributed by atoms with Gasteiger partial charge in [-0.05, 0) is 11.4 Å². The number of aromatic amines is 1. The van der Waals surface area contributed by atoms with E-state index < -0.39 is 0 Å². The van der Waals surface area contributed by atoms with Crippen LogP contribution in [0.4, 0.5) is 0 Å². The molecular weight excluding hydrogens is 164 g/mol. The Kier molecular flexibility index (Phi) is 1.28. The van der Waals surface area contributed by atoms with Gasteiger partial charge >= 0.3 is 0 Å². The number of thiophene rings is 1. The minimum Gasteiger partial charge on any atom is -0.267 e. The zero-order valence-corrected chi connectivity index (χ0v) is 6.63. The smallest absolute Gasteiger partial charge is 0.137 e. The van der Waals surface area contributed by atoms with Crippen LogP contribution in [0.3, 0.4) is 0 Å². The SMILES string of the molecule is S=c1[nH]ncc2ccsc12. The van der Waals surface area contributed by atoms with Gasteiger partial charge in [-0.2, -0.15) is 5.10 Å². The van der Waals surface area contributed by atoms with Crippen LogP contribution in [-0.4, -0.2) is 10.2 Å². The number of rotatable bonds is 0. The van der Waals surface area contributed by atoms with Crippen molar-refractivity contribution in [2.45, 2.75) is 0 Å². The highest BCUT2D eigenvalue weighted by Crippen LogP contribution is 2.18. The molecule has 0 amide bonds. The predicted molar refractivity (Wildman–Crippen MR) is 44.8 cm³/mol. The van der Waals surface area contributed by atoms with Crippen LogP contribution in [0.15, 0.2) is 17.6 Å². The van der Waals surface area contributed by atoms with Crippen LogP contribution in [0.25, 0.3) is 10.1 Å². The summed E-state index contributed by atoms with van der Waals surface area (Å²) in [6.07, 6.45) is 1.78. The highest BCUT2D eigenvalue weighted by Gasteiger charge is 1.93. The first kappa shape index (κ1) is 6.00. The van der Waals surface area contributed by atoms with Crippen LogP contribution in [0, 0.1) is 4.64 Å². The summed E-state index contributed by atoms with van der Waals surface area (Å²) in [5.74, 6) is 0. The van der Waals surface area contributed by atoms with E-state index in [9.17, 15) is 0 Å². The molecule has 2 rings (SSSR count). The molecular formula is C6H4N2S2. The van der Waals surface area contributed by atoms with Crippen LogP contribution in [-0.2, 0) is 0 Å². The molecule has 0 aliphatic carbocycles. The molecule has 2 heterocycles. The largest absolute Gasteiger partial charge is 0.267 e. The molecule has 2 nitrogen and oxygen atoms in total. The van der Waals surface area contributed by atoms with Crippen molar-refractivity contribution in [2.75, 3.05) is 0 Å². The Bertz CT molecular complexity index is 401. The van der Waals surface area contributed by atoms with E-state index in [-0.39, 0.29) is 0 Å². The zero-order valence-electron chi connectivity index (χ0n) is 5.00. The summed E-state index contributed by atoms with van der Waals surface area (Å²) in [6, 6.07) is 2.01. The fourth-order valence-corrected chi connectivity index (χ4v) is 1.89. The van der Waals surface area contributed by atoms with Gasteiger partial charge in [0.05, 0.1) is 10.9 Å². The van der Waals surface area contributed by atoms with Gasteiger partial charge in [0.15, 0.2) is 0 Å². The number of nitrogens with one attached hydrogen (secondary N) is 1. The van der Waals surface area contributed by atoms with E-state index in [0.29, 0.717) is 0 Å². The Morgan fingerprint density at radius 3 is 3.30 bits per heavy atom. The van der Waals surface area contributed by atoms with Gasteiger partial charge in [-0.15, -0.1) is 11.3 Å². The average Bonchev–Trinajstić information content (AvgIpc) is 2.36. The Balaban J connectivity index is 3.09. The Hall–Kier alpha value is -0.740. The van der Waals surface area contributed by atoms with E-state index in [2.05, 4.69) is 10.2 Å². The van der Waals surface area contributed by atoms with Crippen molar-refractivity contribution in [1.82, 2.24) is 10.2 Å². The summed E-state index contributed by atoms with van der Waals surface area (Å²) in [5, 5.41) is 9.73. The molecule has 0 unspecified atom stereocenters. The van der Waals surface area contributed by atoms with Gasteiger partial charge < -0.3 is 0 Å². The van der Waals surface area contributed by atoms with E-state index in [1.165, 1.54) is 0 Å². The molecule has 0 spiro atoms. The minimum absolute atomic E-state index is 0.729. The Morgan fingerprint density at radius 2 is 2.50 bits per heavy atom. The third-order valence-corrected chi connectivity index (χ3v) is 2.64. The molecule has 0 aliphatic heterocycles. The highest BCUT2D eigenvalue weighted by molar-refractivity contribution is 7.71. The molecule has 1 N–H and O–H groups in total. The monoisotopic (exact) mass is 168 g/mol. The first-order valence-electron chi connectivity index (χ1n) is 2.79. The predicted octanol–water partition coefficient (Wildman–Crippen LogP) is 2.35. The van der Waals surface area contributed by atoms with Gasteiger partial charge in [0, 0.05) is 5.39 Å². The lowest BCUT2D eigenvalue weighted by Gasteiger charge is -1.84. The Morgan fingerprint density at radius 1 is 1.60 bits per heavy atom. The summed E-state index contributed by atoms with van der Waals surface area (Å²) in [6.45, 7) is 0. The first-order chi connectivity index (χ1) is 4.88. The lowest BCUT2D eigenvalue weighted by molar-refractivity contribution is 1.04. The van der Waals surface area contributed by atoms with Crippen molar-refractivity contribution in [1.29, 1.82) is 0 Å². The molecule has 0 aliphatic rings. The van der Waals surface area contributed by atoms with Gasteiger partial charge in [-0.3, -0.25) is 5.10 Å². The summed E-state index contributed by atoms with van der Waals surface area (Å²) >= 11 is 6.64. The van der Waals surface area contributed by atoms with Gasteiger partial charge in [0.25, 0.3) is 0 Å². The van der Waals surface area contributed by atoms with Crippen LogP contribution in [0.5, 0.6) is 0 Å². The second kappa shape index (κ2) is 2.14. The second-order valence-electron chi connectivity index (χ2n) is 1.90. The number of hydrogen-bond acceptors (Lipinski definition) is 3. The number of hydrogen-bond donors (Lipinski definition) is 1. The lowest BCUT2D eigenvalue weighted by atomic mass is 10.4. The molecule has 0 atom stereocenters. The minimum atomic E-state index is 0.729. The average molecular weight is 168 g/mol. The zero-order chi connectivity index (χ0) is 6.97. The maximum atomic E-state index is 5.00. The summed E-state index contributed by atoms with van der Waals surface area (Å²) in [7, 11) is 0. The second-order valence-corrected chi connectivity index (χ2v) is 3.23. The molecule has 2 aromatic rings. The number of nitrogens with zero attached hydrogens (tertiary/aromatic N) is 1. The van der Waals surface area contributed by atoms with Gasteiger partial charge in [-0.25, -0.2) is 0 Å². The van der Waals surface area contributed by atoms with Crippen molar-refractivity contribution < 1.29 is 0 Å². The number of fused-ring (bicyclic) bond motifs is 1. The van der Waals surface area contributed by atoms with Gasteiger partial charge in [0.2, 0.25) is 0 Å². The molecule has 0 aromatic carbocycles. The normalized spacial score (nSPS) is 10.4. The topological polar surface area (TPSA) is 28.7 Å². The van der Waals surface area contributed by atoms with Crippen molar-refractivity contribution in [2.24, 2.45) is 0 Å². The fourth-order valence-electron chi connectivity index (χ4n) is 0.817. The van der Waals surface area contributed by atoms with Crippen molar-refractivity contribution in [3.63, 3.8) is 0 Å².